The fourth-order valence-electron chi connectivity index (χ4n) is 2.17. The third-order valence-corrected chi connectivity index (χ3v) is 3.48. The smallest absolute Gasteiger partial charge is 0.270 e. The van der Waals surface area contributed by atoms with E-state index in [-0.39, 0.29) is 5.91 Å². The maximum absolute atomic E-state index is 12.2. The van der Waals surface area contributed by atoms with E-state index in [9.17, 15) is 4.79 Å². The van der Waals surface area contributed by atoms with Gasteiger partial charge < -0.3 is 20.1 Å². The van der Waals surface area contributed by atoms with Gasteiger partial charge in [0.05, 0.1) is 26.1 Å². The Kier molecular flexibility index (Phi) is 6.42. The predicted molar refractivity (Wildman–Crippen MR) is 93.7 cm³/mol. The van der Waals surface area contributed by atoms with Crippen molar-refractivity contribution in [3.05, 3.63) is 47.8 Å². The first-order chi connectivity index (χ1) is 11.7. The van der Waals surface area contributed by atoms with Crippen LogP contribution in [0.4, 0.5) is 5.69 Å². The lowest BCUT2D eigenvalue weighted by Gasteiger charge is -2.10. The van der Waals surface area contributed by atoms with Crippen LogP contribution in [0.1, 0.15) is 29.4 Å². The SMILES string of the molecule is CCCNc1ccc(C(=O)NCc2ccc(OC)c(OC)c2)nc1. The Balaban J connectivity index is 1.95. The molecule has 0 bridgehead atoms. The first-order valence-corrected chi connectivity index (χ1v) is 7.87. The van der Waals surface area contributed by atoms with Gasteiger partial charge in [-0.2, -0.15) is 0 Å². The van der Waals surface area contributed by atoms with E-state index in [4.69, 9.17) is 9.47 Å². The summed E-state index contributed by atoms with van der Waals surface area (Å²) in [6.45, 7) is 3.36. The summed E-state index contributed by atoms with van der Waals surface area (Å²) >= 11 is 0. The Morgan fingerprint density at radius 3 is 2.54 bits per heavy atom. The molecule has 2 aromatic rings. The fourth-order valence-corrected chi connectivity index (χ4v) is 2.17. The first-order valence-electron chi connectivity index (χ1n) is 7.87. The Labute approximate surface area is 142 Å². The minimum atomic E-state index is -0.216. The van der Waals surface area contributed by atoms with Gasteiger partial charge in [0.15, 0.2) is 11.5 Å². The summed E-state index contributed by atoms with van der Waals surface area (Å²) < 4.78 is 10.5. The van der Waals surface area contributed by atoms with E-state index in [1.54, 1.807) is 26.5 Å². The third kappa shape index (κ3) is 4.62. The highest BCUT2D eigenvalue weighted by Gasteiger charge is 2.09. The Hall–Kier alpha value is -2.76. The standard InChI is InChI=1S/C18H23N3O3/c1-4-9-19-14-6-7-15(20-12-14)18(22)21-11-13-5-8-16(23-2)17(10-13)24-3/h5-8,10,12,19H,4,9,11H2,1-3H3,(H,21,22). The van der Waals surface area contributed by atoms with E-state index >= 15 is 0 Å². The molecule has 0 unspecified atom stereocenters. The molecule has 0 fully saturated rings. The highest BCUT2D eigenvalue weighted by molar-refractivity contribution is 5.92. The Morgan fingerprint density at radius 1 is 1.12 bits per heavy atom. The molecule has 6 nitrogen and oxygen atoms in total. The Morgan fingerprint density at radius 2 is 1.92 bits per heavy atom. The number of carbonyl (C=O) groups excluding carboxylic acids is 1. The highest BCUT2D eigenvalue weighted by Crippen LogP contribution is 2.27. The molecule has 0 saturated carbocycles. The topological polar surface area (TPSA) is 72.5 Å². The number of benzene rings is 1. The second kappa shape index (κ2) is 8.76. The molecule has 0 spiro atoms. The van der Waals surface area contributed by atoms with Gasteiger partial charge in [-0.25, -0.2) is 4.98 Å². The van der Waals surface area contributed by atoms with Crippen LogP contribution < -0.4 is 20.1 Å². The molecule has 128 valence electrons. The zero-order valence-electron chi connectivity index (χ0n) is 14.3. The van der Waals surface area contributed by atoms with E-state index in [1.807, 2.05) is 24.3 Å². The minimum Gasteiger partial charge on any atom is -0.493 e. The number of rotatable bonds is 8. The number of nitrogens with zero attached hydrogens (tertiary/aromatic N) is 1. The van der Waals surface area contributed by atoms with Crippen LogP contribution in [0, 0.1) is 0 Å². The lowest BCUT2D eigenvalue weighted by atomic mass is 10.2. The molecule has 2 N–H and O–H groups in total. The summed E-state index contributed by atoms with van der Waals surface area (Å²) in [5.74, 6) is 1.07. The van der Waals surface area contributed by atoms with Crippen LogP contribution >= 0.6 is 0 Å². The number of amides is 1. The van der Waals surface area contributed by atoms with Crippen LogP contribution in [-0.2, 0) is 6.54 Å². The molecule has 0 saturated heterocycles. The molecule has 2 rings (SSSR count). The largest absolute Gasteiger partial charge is 0.493 e. The van der Waals surface area contributed by atoms with Crippen molar-refractivity contribution in [3.8, 4) is 11.5 Å². The van der Waals surface area contributed by atoms with Gasteiger partial charge >= 0.3 is 0 Å². The molecule has 0 aliphatic rings. The average Bonchev–Trinajstić information content (AvgIpc) is 2.64. The number of aromatic nitrogens is 1. The van der Waals surface area contributed by atoms with Crippen LogP contribution in [-0.4, -0.2) is 31.7 Å². The number of methoxy groups -OCH3 is 2. The van der Waals surface area contributed by atoms with Crippen molar-refractivity contribution in [1.82, 2.24) is 10.3 Å². The van der Waals surface area contributed by atoms with Crippen molar-refractivity contribution < 1.29 is 14.3 Å². The normalized spacial score (nSPS) is 10.1. The van der Waals surface area contributed by atoms with E-state index in [0.29, 0.717) is 23.7 Å². The molecule has 0 aliphatic carbocycles. The molecular formula is C18H23N3O3. The molecule has 1 heterocycles. The predicted octanol–water partition coefficient (Wildman–Crippen LogP) is 2.85. The molecule has 24 heavy (non-hydrogen) atoms. The van der Waals surface area contributed by atoms with Crippen LogP contribution in [0.3, 0.4) is 0 Å². The van der Waals surface area contributed by atoms with Gasteiger partial charge in [0.2, 0.25) is 0 Å². The molecular weight excluding hydrogens is 306 g/mol. The summed E-state index contributed by atoms with van der Waals surface area (Å²) in [6, 6.07) is 9.10. The molecule has 1 aromatic heterocycles. The summed E-state index contributed by atoms with van der Waals surface area (Å²) in [4.78, 5) is 16.4. The van der Waals surface area contributed by atoms with Crippen LogP contribution in [0.5, 0.6) is 11.5 Å². The van der Waals surface area contributed by atoms with Gasteiger partial charge in [0.1, 0.15) is 5.69 Å². The third-order valence-electron chi connectivity index (χ3n) is 3.48. The highest BCUT2D eigenvalue weighted by atomic mass is 16.5. The molecule has 0 atom stereocenters. The summed E-state index contributed by atoms with van der Waals surface area (Å²) in [7, 11) is 3.17. The lowest BCUT2D eigenvalue weighted by Crippen LogP contribution is -2.23. The number of anilines is 1. The number of hydrogen-bond donors (Lipinski definition) is 2. The summed E-state index contributed by atoms with van der Waals surface area (Å²) in [5.41, 5.74) is 2.22. The number of carbonyl (C=O) groups is 1. The van der Waals surface area contributed by atoms with Gasteiger partial charge in [-0.05, 0) is 36.2 Å². The van der Waals surface area contributed by atoms with Crippen molar-refractivity contribution >= 4 is 11.6 Å². The van der Waals surface area contributed by atoms with Crippen molar-refractivity contribution in [2.24, 2.45) is 0 Å². The van der Waals surface area contributed by atoms with Crippen molar-refractivity contribution in [3.63, 3.8) is 0 Å². The molecule has 1 aromatic carbocycles. The van der Waals surface area contributed by atoms with Crippen LogP contribution in [0.15, 0.2) is 36.5 Å². The Bertz CT molecular complexity index is 672. The molecule has 0 radical (unpaired) electrons. The van der Waals surface area contributed by atoms with Gasteiger partial charge in [-0.15, -0.1) is 0 Å². The fraction of sp³-hybridized carbons (Fsp3) is 0.333. The van der Waals surface area contributed by atoms with Gasteiger partial charge in [-0.3, -0.25) is 4.79 Å². The lowest BCUT2D eigenvalue weighted by molar-refractivity contribution is 0.0946. The van der Waals surface area contributed by atoms with Gasteiger partial charge in [-0.1, -0.05) is 13.0 Å². The van der Waals surface area contributed by atoms with E-state index in [2.05, 4.69) is 22.5 Å². The monoisotopic (exact) mass is 329 g/mol. The quantitative estimate of drug-likeness (QED) is 0.779. The summed E-state index contributed by atoms with van der Waals surface area (Å²) in [5, 5.41) is 6.07. The first kappa shape index (κ1) is 17.6. The van der Waals surface area contributed by atoms with Crippen molar-refractivity contribution in [2.75, 3.05) is 26.1 Å². The zero-order valence-corrected chi connectivity index (χ0v) is 14.3. The maximum Gasteiger partial charge on any atom is 0.270 e. The average molecular weight is 329 g/mol. The van der Waals surface area contributed by atoms with E-state index < -0.39 is 0 Å². The number of nitrogens with one attached hydrogen (secondary N) is 2. The van der Waals surface area contributed by atoms with E-state index in [0.717, 1.165) is 24.2 Å². The minimum absolute atomic E-state index is 0.216. The summed E-state index contributed by atoms with van der Waals surface area (Å²) in [6.07, 6.45) is 2.70. The van der Waals surface area contributed by atoms with Crippen molar-refractivity contribution in [2.45, 2.75) is 19.9 Å². The van der Waals surface area contributed by atoms with Gasteiger partial charge in [0, 0.05) is 13.1 Å². The van der Waals surface area contributed by atoms with Crippen molar-refractivity contribution in [1.29, 1.82) is 0 Å². The number of hydrogen-bond acceptors (Lipinski definition) is 5. The van der Waals surface area contributed by atoms with E-state index in [1.165, 1.54) is 0 Å². The van der Waals surface area contributed by atoms with Gasteiger partial charge in [0.25, 0.3) is 5.91 Å². The number of pyridine rings is 1. The second-order valence-electron chi connectivity index (χ2n) is 5.23. The number of ether oxygens (including phenoxy) is 2. The van der Waals surface area contributed by atoms with Crippen LogP contribution in [0.2, 0.25) is 0 Å². The maximum atomic E-state index is 12.2. The molecule has 6 heteroatoms. The molecule has 0 aliphatic heterocycles. The zero-order chi connectivity index (χ0) is 17.4. The molecule has 1 amide bonds. The van der Waals surface area contributed by atoms with Crippen LogP contribution in [0.25, 0.3) is 0 Å². The second-order valence-corrected chi connectivity index (χ2v) is 5.23.